The first kappa shape index (κ1) is 19.0. The summed E-state index contributed by atoms with van der Waals surface area (Å²) in [6, 6.07) is 16.2. The van der Waals surface area contributed by atoms with Crippen LogP contribution in [-0.2, 0) is 4.79 Å². The number of nitrogens with zero attached hydrogens (tertiary/aromatic N) is 4. The summed E-state index contributed by atoms with van der Waals surface area (Å²) in [5, 5.41) is 22.0. The fourth-order valence-corrected chi connectivity index (χ4v) is 2.69. The lowest BCUT2D eigenvalue weighted by Gasteiger charge is -2.07. The van der Waals surface area contributed by atoms with E-state index in [1.165, 1.54) is 41.2 Å². The Morgan fingerprint density at radius 3 is 2.43 bits per heavy atom. The van der Waals surface area contributed by atoms with Gasteiger partial charge in [-0.15, -0.1) is 10.2 Å². The van der Waals surface area contributed by atoms with Crippen LogP contribution in [-0.4, -0.2) is 32.4 Å². The number of fused-ring (bicyclic) bond motifs is 1. The van der Waals surface area contributed by atoms with Crippen molar-refractivity contribution < 1.29 is 18.8 Å². The van der Waals surface area contributed by atoms with E-state index in [1.54, 1.807) is 30.3 Å². The van der Waals surface area contributed by atoms with Crippen molar-refractivity contribution in [1.82, 2.24) is 15.0 Å². The number of carbonyl (C=O) groups excluding carboxylic acids is 1. The van der Waals surface area contributed by atoms with Crippen LogP contribution in [0.4, 0.5) is 15.8 Å². The molecule has 1 heterocycles. The molecule has 4 rings (SSSR count). The average Bonchev–Trinajstić information content (AvgIpc) is 3.16. The standard InChI is InChI=1S/C20H14FN5O4/c21-13-1-4-15(5-2-13)25-23-18-10-3-14(11-19(18)24-25)22-20(27)12-30-17-8-6-16(7-9-17)26(28)29/h1-11H,12H2,(H,22,27). The van der Waals surface area contributed by atoms with E-state index < -0.39 is 10.8 Å². The summed E-state index contributed by atoms with van der Waals surface area (Å²) >= 11 is 0. The van der Waals surface area contributed by atoms with Crippen molar-refractivity contribution in [2.45, 2.75) is 0 Å². The highest BCUT2D eigenvalue weighted by atomic mass is 19.1. The van der Waals surface area contributed by atoms with Crippen molar-refractivity contribution in [2.24, 2.45) is 0 Å². The number of carbonyl (C=O) groups is 1. The van der Waals surface area contributed by atoms with Gasteiger partial charge in [0.2, 0.25) is 0 Å². The van der Waals surface area contributed by atoms with Crippen LogP contribution < -0.4 is 10.1 Å². The molecule has 0 fully saturated rings. The average molecular weight is 407 g/mol. The number of hydrogen-bond donors (Lipinski definition) is 1. The highest BCUT2D eigenvalue weighted by molar-refractivity contribution is 5.93. The maximum absolute atomic E-state index is 13.1. The van der Waals surface area contributed by atoms with Crippen LogP contribution >= 0.6 is 0 Å². The van der Waals surface area contributed by atoms with Crippen LogP contribution in [0.5, 0.6) is 5.75 Å². The highest BCUT2D eigenvalue weighted by Gasteiger charge is 2.09. The Morgan fingerprint density at radius 1 is 1.03 bits per heavy atom. The minimum Gasteiger partial charge on any atom is -0.484 e. The van der Waals surface area contributed by atoms with Gasteiger partial charge in [-0.05, 0) is 54.6 Å². The normalized spacial score (nSPS) is 10.7. The van der Waals surface area contributed by atoms with Gasteiger partial charge in [0.05, 0.1) is 10.6 Å². The minimum absolute atomic E-state index is 0.0613. The van der Waals surface area contributed by atoms with Gasteiger partial charge in [-0.1, -0.05) is 0 Å². The Balaban J connectivity index is 1.41. The molecule has 1 amide bonds. The summed E-state index contributed by atoms with van der Waals surface area (Å²) in [7, 11) is 0. The van der Waals surface area contributed by atoms with Gasteiger partial charge in [0.1, 0.15) is 22.6 Å². The Hall–Kier alpha value is -4.34. The SMILES string of the molecule is O=C(COc1ccc([N+](=O)[O-])cc1)Nc1ccc2nn(-c3ccc(F)cc3)nc2c1. The number of nitro groups is 1. The second-order valence-corrected chi connectivity index (χ2v) is 6.26. The molecule has 0 bridgehead atoms. The van der Waals surface area contributed by atoms with Gasteiger partial charge in [0, 0.05) is 17.8 Å². The molecular weight excluding hydrogens is 393 g/mol. The molecule has 0 saturated heterocycles. The summed E-state index contributed by atoms with van der Waals surface area (Å²) in [6.45, 7) is -0.266. The van der Waals surface area contributed by atoms with Crippen molar-refractivity contribution in [3.05, 3.63) is 82.7 Å². The van der Waals surface area contributed by atoms with Crippen LogP contribution in [0.15, 0.2) is 66.7 Å². The summed E-state index contributed by atoms with van der Waals surface area (Å²) in [5.74, 6) is -0.413. The highest BCUT2D eigenvalue weighted by Crippen LogP contribution is 2.19. The predicted octanol–water partition coefficient (Wildman–Crippen LogP) is 3.49. The number of benzene rings is 3. The maximum Gasteiger partial charge on any atom is 0.269 e. The number of amides is 1. The Labute approximate surface area is 168 Å². The van der Waals surface area contributed by atoms with E-state index in [-0.39, 0.29) is 18.1 Å². The third-order valence-electron chi connectivity index (χ3n) is 4.14. The lowest BCUT2D eigenvalue weighted by Crippen LogP contribution is -2.20. The van der Waals surface area contributed by atoms with Crippen molar-refractivity contribution in [3.63, 3.8) is 0 Å². The molecule has 0 spiro atoms. The zero-order chi connectivity index (χ0) is 21.1. The lowest BCUT2D eigenvalue weighted by atomic mass is 10.3. The first-order valence-corrected chi connectivity index (χ1v) is 8.78. The molecule has 0 aliphatic heterocycles. The number of aromatic nitrogens is 3. The van der Waals surface area contributed by atoms with Crippen LogP contribution in [0.25, 0.3) is 16.7 Å². The second kappa shape index (κ2) is 7.95. The fourth-order valence-electron chi connectivity index (χ4n) is 2.69. The van der Waals surface area contributed by atoms with E-state index in [2.05, 4.69) is 15.5 Å². The molecule has 1 N–H and O–H groups in total. The molecule has 0 saturated carbocycles. The molecular formula is C20H14FN5O4. The molecule has 0 unspecified atom stereocenters. The number of non-ortho nitro benzene ring substituents is 1. The van der Waals surface area contributed by atoms with E-state index in [9.17, 15) is 19.3 Å². The number of anilines is 1. The smallest absolute Gasteiger partial charge is 0.269 e. The van der Waals surface area contributed by atoms with Crippen molar-refractivity contribution in [1.29, 1.82) is 0 Å². The van der Waals surface area contributed by atoms with Crippen LogP contribution in [0.1, 0.15) is 0 Å². The minimum atomic E-state index is -0.515. The third-order valence-corrected chi connectivity index (χ3v) is 4.14. The van der Waals surface area contributed by atoms with Crippen molar-refractivity contribution in [3.8, 4) is 11.4 Å². The van der Waals surface area contributed by atoms with Gasteiger partial charge in [-0.25, -0.2) is 4.39 Å². The Kier molecular flexibility index (Phi) is 5.04. The van der Waals surface area contributed by atoms with E-state index in [1.807, 2.05) is 0 Å². The third kappa shape index (κ3) is 4.22. The summed E-state index contributed by atoms with van der Waals surface area (Å²) in [6.07, 6.45) is 0. The number of nitrogens with one attached hydrogen (secondary N) is 1. The van der Waals surface area contributed by atoms with E-state index in [4.69, 9.17) is 4.74 Å². The molecule has 10 heteroatoms. The summed E-state index contributed by atoms with van der Waals surface area (Å²) in [5.41, 5.74) is 2.21. The van der Waals surface area contributed by atoms with Gasteiger partial charge in [-0.3, -0.25) is 14.9 Å². The zero-order valence-corrected chi connectivity index (χ0v) is 15.4. The summed E-state index contributed by atoms with van der Waals surface area (Å²) in [4.78, 5) is 23.6. The van der Waals surface area contributed by atoms with E-state index in [0.29, 0.717) is 28.2 Å². The molecule has 0 aliphatic rings. The van der Waals surface area contributed by atoms with E-state index >= 15 is 0 Å². The molecule has 0 atom stereocenters. The molecule has 1 aromatic heterocycles. The van der Waals surface area contributed by atoms with E-state index in [0.717, 1.165) is 0 Å². The number of nitro benzene ring substituents is 1. The molecule has 150 valence electrons. The van der Waals surface area contributed by atoms with Gasteiger partial charge >= 0.3 is 0 Å². The number of hydrogen-bond acceptors (Lipinski definition) is 6. The molecule has 9 nitrogen and oxygen atoms in total. The molecule has 0 radical (unpaired) electrons. The maximum atomic E-state index is 13.1. The zero-order valence-electron chi connectivity index (χ0n) is 15.4. The molecule has 3 aromatic carbocycles. The van der Waals surface area contributed by atoms with Crippen LogP contribution in [0, 0.1) is 15.9 Å². The molecule has 30 heavy (non-hydrogen) atoms. The van der Waals surface area contributed by atoms with Crippen molar-refractivity contribution >= 4 is 28.3 Å². The monoisotopic (exact) mass is 407 g/mol. The number of ether oxygens (including phenoxy) is 1. The molecule has 0 aliphatic carbocycles. The van der Waals surface area contributed by atoms with Gasteiger partial charge < -0.3 is 10.1 Å². The molecule has 4 aromatic rings. The first-order chi connectivity index (χ1) is 14.5. The number of rotatable bonds is 6. The van der Waals surface area contributed by atoms with Gasteiger partial charge in [0.15, 0.2) is 6.61 Å². The first-order valence-electron chi connectivity index (χ1n) is 8.78. The topological polar surface area (TPSA) is 112 Å². The summed E-state index contributed by atoms with van der Waals surface area (Å²) < 4.78 is 18.4. The Bertz CT molecular complexity index is 1220. The van der Waals surface area contributed by atoms with Gasteiger partial charge in [-0.2, -0.15) is 4.80 Å². The van der Waals surface area contributed by atoms with Crippen LogP contribution in [0.2, 0.25) is 0 Å². The van der Waals surface area contributed by atoms with Gasteiger partial charge in [0.25, 0.3) is 11.6 Å². The fraction of sp³-hybridized carbons (Fsp3) is 0.0500. The number of halogens is 1. The lowest BCUT2D eigenvalue weighted by molar-refractivity contribution is -0.384. The quantitative estimate of drug-likeness (QED) is 0.387. The Morgan fingerprint density at radius 2 is 1.73 bits per heavy atom. The predicted molar refractivity (Wildman–Crippen MR) is 106 cm³/mol. The van der Waals surface area contributed by atoms with Crippen molar-refractivity contribution in [2.75, 3.05) is 11.9 Å². The second-order valence-electron chi connectivity index (χ2n) is 6.26. The van der Waals surface area contributed by atoms with Crippen LogP contribution in [0.3, 0.4) is 0 Å². The largest absolute Gasteiger partial charge is 0.484 e.